The zero-order chi connectivity index (χ0) is 14.5. The summed E-state index contributed by atoms with van der Waals surface area (Å²) in [6.45, 7) is 1.05. The van der Waals surface area contributed by atoms with Gasteiger partial charge in [-0.3, -0.25) is 0 Å². The second kappa shape index (κ2) is 6.46. The van der Waals surface area contributed by atoms with Gasteiger partial charge in [0.2, 0.25) is 0 Å². The fraction of sp³-hybridized carbons (Fsp3) is 0.222. The maximum atomic E-state index is 8.90. The summed E-state index contributed by atoms with van der Waals surface area (Å²) >= 11 is 0. The van der Waals surface area contributed by atoms with Crippen LogP contribution in [0.2, 0.25) is 0 Å². The van der Waals surface area contributed by atoms with Crippen LogP contribution in [-0.4, -0.2) is 16.7 Å². The minimum atomic E-state index is 0.244. The summed E-state index contributed by atoms with van der Waals surface area (Å²) in [6, 6.07) is 17.0. The number of H-pyrrole nitrogens is 1. The SMILES string of the molecule is OCCCc1cccc(NCc2ccc3[nH]ccc3c2)c1. The zero-order valence-electron chi connectivity index (χ0n) is 12.0. The quantitative estimate of drug-likeness (QED) is 0.644. The molecule has 0 amide bonds. The van der Waals surface area contributed by atoms with Crippen molar-refractivity contribution in [3.63, 3.8) is 0 Å². The number of hydrogen-bond acceptors (Lipinski definition) is 2. The average molecular weight is 280 g/mol. The molecule has 3 rings (SSSR count). The van der Waals surface area contributed by atoms with Crippen molar-refractivity contribution < 1.29 is 5.11 Å². The Hall–Kier alpha value is -2.26. The number of nitrogens with one attached hydrogen (secondary N) is 2. The van der Waals surface area contributed by atoms with Crippen molar-refractivity contribution in [1.82, 2.24) is 4.98 Å². The van der Waals surface area contributed by atoms with E-state index in [0.29, 0.717) is 0 Å². The van der Waals surface area contributed by atoms with E-state index in [1.807, 2.05) is 6.20 Å². The Kier molecular flexibility index (Phi) is 4.22. The first-order valence-electron chi connectivity index (χ1n) is 7.35. The van der Waals surface area contributed by atoms with Gasteiger partial charge in [0.05, 0.1) is 0 Å². The molecule has 0 fully saturated rings. The molecule has 2 aromatic carbocycles. The Morgan fingerprint density at radius 2 is 1.95 bits per heavy atom. The van der Waals surface area contributed by atoms with E-state index in [4.69, 9.17) is 5.11 Å². The first-order valence-corrected chi connectivity index (χ1v) is 7.35. The second-order valence-electron chi connectivity index (χ2n) is 5.28. The van der Waals surface area contributed by atoms with Gasteiger partial charge >= 0.3 is 0 Å². The molecular formula is C18H20N2O. The van der Waals surface area contributed by atoms with Crippen LogP contribution in [0.1, 0.15) is 17.5 Å². The second-order valence-corrected chi connectivity index (χ2v) is 5.28. The van der Waals surface area contributed by atoms with Gasteiger partial charge in [0, 0.05) is 30.6 Å². The molecule has 3 aromatic rings. The number of rotatable bonds is 6. The largest absolute Gasteiger partial charge is 0.396 e. The lowest BCUT2D eigenvalue weighted by molar-refractivity contribution is 0.288. The topological polar surface area (TPSA) is 48.0 Å². The number of benzene rings is 2. The maximum absolute atomic E-state index is 8.90. The Bertz CT molecular complexity index is 718. The molecule has 0 aliphatic carbocycles. The fourth-order valence-electron chi connectivity index (χ4n) is 2.54. The molecule has 0 bridgehead atoms. The number of aliphatic hydroxyl groups excluding tert-OH is 1. The summed E-state index contributed by atoms with van der Waals surface area (Å²) in [5.74, 6) is 0. The van der Waals surface area contributed by atoms with Gasteiger partial charge in [0.1, 0.15) is 0 Å². The molecule has 3 N–H and O–H groups in total. The van der Waals surface area contributed by atoms with Crippen LogP contribution in [0.4, 0.5) is 5.69 Å². The third-order valence-corrected chi connectivity index (χ3v) is 3.66. The molecule has 0 unspecified atom stereocenters. The lowest BCUT2D eigenvalue weighted by atomic mass is 10.1. The summed E-state index contributed by atoms with van der Waals surface area (Å²) in [5.41, 5.74) is 4.82. The van der Waals surface area contributed by atoms with E-state index in [2.05, 4.69) is 58.8 Å². The first kappa shape index (κ1) is 13.7. The number of aromatic amines is 1. The number of aromatic nitrogens is 1. The van der Waals surface area contributed by atoms with Gasteiger partial charge in [0.15, 0.2) is 0 Å². The highest BCUT2D eigenvalue weighted by atomic mass is 16.2. The third-order valence-electron chi connectivity index (χ3n) is 3.66. The summed E-state index contributed by atoms with van der Waals surface area (Å²) in [7, 11) is 0. The van der Waals surface area contributed by atoms with Crippen LogP contribution in [0.5, 0.6) is 0 Å². The van der Waals surface area contributed by atoms with E-state index in [1.54, 1.807) is 0 Å². The van der Waals surface area contributed by atoms with Gasteiger partial charge < -0.3 is 15.4 Å². The van der Waals surface area contributed by atoms with Crippen LogP contribution >= 0.6 is 0 Å². The van der Waals surface area contributed by atoms with Crippen LogP contribution in [0, 0.1) is 0 Å². The minimum Gasteiger partial charge on any atom is -0.396 e. The van der Waals surface area contributed by atoms with Gasteiger partial charge in [-0.05, 0) is 59.7 Å². The standard InChI is InChI=1S/C18H20N2O/c21-10-2-4-14-3-1-5-17(12-14)20-13-15-6-7-18-16(11-15)8-9-19-18/h1,3,5-9,11-12,19-21H,2,4,10,13H2. The van der Waals surface area contributed by atoms with Gasteiger partial charge in [-0.1, -0.05) is 18.2 Å². The molecule has 3 heteroatoms. The molecule has 1 heterocycles. The maximum Gasteiger partial charge on any atom is 0.0454 e. The van der Waals surface area contributed by atoms with Crippen molar-refractivity contribution in [3.8, 4) is 0 Å². The predicted octanol–water partition coefficient (Wildman–Crippen LogP) is 3.70. The van der Waals surface area contributed by atoms with Crippen LogP contribution in [0.3, 0.4) is 0 Å². The highest BCUT2D eigenvalue weighted by Crippen LogP contribution is 2.17. The van der Waals surface area contributed by atoms with Gasteiger partial charge in [-0.2, -0.15) is 0 Å². The minimum absolute atomic E-state index is 0.244. The molecular weight excluding hydrogens is 260 g/mol. The molecule has 0 radical (unpaired) electrons. The zero-order valence-corrected chi connectivity index (χ0v) is 12.0. The van der Waals surface area contributed by atoms with Crippen molar-refractivity contribution in [2.24, 2.45) is 0 Å². The van der Waals surface area contributed by atoms with Crippen molar-refractivity contribution in [2.75, 3.05) is 11.9 Å². The molecule has 0 spiro atoms. The van der Waals surface area contributed by atoms with Crippen LogP contribution < -0.4 is 5.32 Å². The van der Waals surface area contributed by atoms with Crippen LogP contribution in [0.15, 0.2) is 54.7 Å². The predicted molar refractivity (Wildman–Crippen MR) is 87.5 cm³/mol. The van der Waals surface area contributed by atoms with E-state index < -0.39 is 0 Å². The Balaban J connectivity index is 1.66. The van der Waals surface area contributed by atoms with Gasteiger partial charge in [-0.15, -0.1) is 0 Å². The first-order chi connectivity index (χ1) is 10.3. The summed E-state index contributed by atoms with van der Waals surface area (Å²) in [4.78, 5) is 3.21. The van der Waals surface area contributed by atoms with Crippen LogP contribution in [0.25, 0.3) is 10.9 Å². The van der Waals surface area contributed by atoms with E-state index in [0.717, 1.165) is 25.1 Å². The fourth-order valence-corrected chi connectivity index (χ4v) is 2.54. The summed E-state index contributed by atoms with van der Waals surface area (Å²) in [6.07, 6.45) is 3.70. The number of aliphatic hydroxyl groups is 1. The summed E-state index contributed by atoms with van der Waals surface area (Å²) < 4.78 is 0. The van der Waals surface area contributed by atoms with Crippen LogP contribution in [-0.2, 0) is 13.0 Å². The lowest BCUT2D eigenvalue weighted by Crippen LogP contribution is -2.00. The highest BCUT2D eigenvalue weighted by molar-refractivity contribution is 5.79. The smallest absolute Gasteiger partial charge is 0.0454 e. The Labute approximate surface area is 124 Å². The molecule has 21 heavy (non-hydrogen) atoms. The monoisotopic (exact) mass is 280 g/mol. The lowest BCUT2D eigenvalue weighted by Gasteiger charge is -2.09. The van der Waals surface area contributed by atoms with Crippen molar-refractivity contribution in [1.29, 1.82) is 0 Å². The van der Waals surface area contributed by atoms with Crippen molar-refractivity contribution in [2.45, 2.75) is 19.4 Å². The summed E-state index contributed by atoms with van der Waals surface area (Å²) in [5, 5.41) is 13.6. The molecule has 0 atom stereocenters. The Morgan fingerprint density at radius 1 is 1.00 bits per heavy atom. The normalized spacial score (nSPS) is 10.9. The average Bonchev–Trinajstić information content (AvgIpc) is 2.99. The van der Waals surface area contributed by atoms with Crippen molar-refractivity contribution >= 4 is 16.6 Å². The van der Waals surface area contributed by atoms with Gasteiger partial charge in [-0.25, -0.2) is 0 Å². The Morgan fingerprint density at radius 3 is 2.86 bits per heavy atom. The van der Waals surface area contributed by atoms with Gasteiger partial charge in [0.25, 0.3) is 0 Å². The molecule has 0 saturated heterocycles. The van der Waals surface area contributed by atoms with Crippen molar-refractivity contribution in [3.05, 3.63) is 65.9 Å². The molecule has 1 aromatic heterocycles. The highest BCUT2D eigenvalue weighted by Gasteiger charge is 1.99. The molecule has 0 saturated carbocycles. The molecule has 108 valence electrons. The molecule has 0 aliphatic heterocycles. The third kappa shape index (κ3) is 3.44. The number of fused-ring (bicyclic) bond motifs is 1. The number of anilines is 1. The molecule has 0 aliphatic rings. The van der Waals surface area contributed by atoms with E-state index in [9.17, 15) is 0 Å². The van der Waals surface area contributed by atoms with E-state index in [-0.39, 0.29) is 6.61 Å². The number of hydrogen-bond donors (Lipinski definition) is 3. The number of aryl methyl sites for hydroxylation is 1. The van der Waals surface area contributed by atoms with E-state index in [1.165, 1.54) is 22.0 Å². The van der Waals surface area contributed by atoms with E-state index >= 15 is 0 Å². The molecule has 3 nitrogen and oxygen atoms in total.